The molecule has 0 aliphatic carbocycles. The molecule has 24 heavy (non-hydrogen) atoms. The van der Waals surface area contributed by atoms with Crippen LogP contribution in [-0.4, -0.2) is 48.9 Å². The van der Waals surface area contributed by atoms with Crippen molar-refractivity contribution in [3.63, 3.8) is 0 Å². The number of benzene rings is 1. The predicted octanol–water partition coefficient (Wildman–Crippen LogP) is 2.50. The van der Waals surface area contributed by atoms with E-state index in [4.69, 9.17) is 4.74 Å². The monoisotopic (exact) mass is 332 g/mol. The second kappa shape index (κ2) is 7.79. The fourth-order valence-corrected chi connectivity index (χ4v) is 3.01. The molecule has 1 aliphatic rings. The van der Waals surface area contributed by atoms with Gasteiger partial charge in [-0.25, -0.2) is 0 Å². The number of ketones is 1. The number of rotatable bonds is 5. The first-order valence-corrected chi connectivity index (χ1v) is 8.50. The summed E-state index contributed by atoms with van der Waals surface area (Å²) in [5, 5.41) is 2.98. The van der Waals surface area contributed by atoms with Crippen molar-refractivity contribution < 1.29 is 14.3 Å². The van der Waals surface area contributed by atoms with Crippen molar-refractivity contribution in [2.75, 3.05) is 26.7 Å². The minimum Gasteiger partial charge on any atom is -0.497 e. The number of piperidine rings is 1. The van der Waals surface area contributed by atoms with Crippen molar-refractivity contribution in [3.8, 4) is 5.75 Å². The van der Waals surface area contributed by atoms with E-state index in [9.17, 15) is 9.59 Å². The fourth-order valence-electron chi connectivity index (χ4n) is 3.01. The summed E-state index contributed by atoms with van der Waals surface area (Å²) in [6.45, 7) is 7.90. The van der Waals surface area contributed by atoms with E-state index in [0.717, 1.165) is 37.2 Å². The zero-order valence-electron chi connectivity index (χ0n) is 15.1. The summed E-state index contributed by atoms with van der Waals surface area (Å²) in [4.78, 5) is 26.7. The van der Waals surface area contributed by atoms with Crippen LogP contribution in [0.5, 0.6) is 5.75 Å². The number of hydrogen-bond donors (Lipinski definition) is 1. The molecule has 1 amide bonds. The van der Waals surface area contributed by atoms with Gasteiger partial charge in [0.2, 0.25) is 5.91 Å². The zero-order chi connectivity index (χ0) is 17.7. The molecule has 0 saturated carbocycles. The first-order chi connectivity index (χ1) is 11.3. The molecule has 0 spiro atoms. The van der Waals surface area contributed by atoms with Crippen LogP contribution in [0.25, 0.3) is 0 Å². The number of nitrogens with one attached hydrogen (secondary N) is 1. The molecule has 0 unspecified atom stereocenters. The standard InChI is InChI=1S/C19H28N2O3/c1-19(2,3)20-17(22)13-21-11-9-15(10-12-21)18(23)14-5-7-16(24-4)8-6-14/h5-8,15H,9-13H2,1-4H3,(H,20,22). The Morgan fingerprint density at radius 1 is 1.17 bits per heavy atom. The maximum absolute atomic E-state index is 12.6. The molecule has 1 heterocycles. The maximum Gasteiger partial charge on any atom is 0.234 e. The van der Waals surface area contributed by atoms with Crippen LogP contribution >= 0.6 is 0 Å². The van der Waals surface area contributed by atoms with Gasteiger partial charge >= 0.3 is 0 Å². The van der Waals surface area contributed by atoms with Crippen molar-refractivity contribution in [3.05, 3.63) is 29.8 Å². The Morgan fingerprint density at radius 2 is 1.75 bits per heavy atom. The van der Waals surface area contributed by atoms with E-state index in [0.29, 0.717) is 6.54 Å². The Hall–Kier alpha value is -1.88. The molecule has 5 heteroatoms. The summed E-state index contributed by atoms with van der Waals surface area (Å²) in [6, 6.07) is 7.28. The predicted molar refractivity (Wildman–Crippen MR) is 94.4 cm³/mol. The molecule has 1 aromatic carbocycles. The SMILES string of the molecule is COc1ccc(C(=O)C2CCN(CC(=O)NC(C)(C)C)CC2)cc1. The molecule has 1 fully saturated rings. The smallest absolute Gasteiger partial charge is 0.234 e. The minimum absolute atomic E-state index is 0.0420. The minimum atomic E-state index is -0.209. The number of nitrogens with zero attached hydrogens (tertiary/aromatic N) is 1. The van der Waals surface area contributed by atoms with Gasteiger partial charge in [0.05, 0.1) is 13.7 Å². The van der Waals surface area contributed by atoms with Crippen LogP contribution in [0.2, 0.25) is 0 Å². The quantitative estimate of drug-likeness (QED) is 0.842. The molecule has 0 atom stereocenters. The summed E-state index contributed by atoms with van der Waals surface area (Å²) in [5.41, 5.74) is 0.527. The van der Waals surface area contributed by atoms with Crippen LogP contribution in [0.1, 0.15) is 44.0 Å². The van der Waals surface area contributed by atoms with Gasteiger partial charge in [0.15, 0.2) is 5.78 Å². The van der Waals surface area contributed by atoms with Gasteiger partial charge in [0, 0.05) is 17.0 Å². The molecule has 1 saturated heterocycles. The van der Waals surface area contributed by atoms with Crippen molar-refractivity contribution in [2.45, 2.75) is 39.2 Å². The van der Waals surface area contributed by atoms with Gasteiger partial charge in [0.25, 0.3) is 0 Å². The largest absolute Gasteiger partial charge is 0.497 e. The number of likely N-dealkylation sites (tertiary alicyclic amines) is 1. The van der Waals surface area contributed by atoms with E-state index in [1.54, 1.807) is 7.11 Å². The number of carbonyl (C=O) groups is 2. The van der Waals surface area contributed by atoms with Crippen molar-refractivity contribution >= 4 is 11.7 Å². The number of hydrogen-bond acceptors (Lipinski definition) is 4. The van der Waals surface area contributed by atoms with Crippen LogP contribution in [0, 0.1) is 5.92 Å². The van der Waals surface area contributed by atoms with Gasteiger partial charge in [-0.1, -0.05) is 0 Å². The van der Waals surface area contributed by atoms with E-state index < -0.39 is 0 Å². The molecule has 0 aromatic heterocycles. The van der Waals surface area contributed by atoms with E-state index >= 15 is 0 Å². The third-order valence-corrected chi connectivity index (χ3v) is 4.21. The molecule has 132 valence electrons. The third-order valence-electron chi connectivity index (χ3n) is 4.21. The third kappa shape index (κ3) is 5.34. The highest BCUT2D eigenvalue weighted by Gasteiger charge is 2.27. The Labute approximate surface area is 144 Å². The van der Waals surface area contributed by atoms with E-state index in [-0.39, 0.29) is 23.1 Å². The van der Waals surface area contributed by atoms with Gasteiger partial charge in [-0.2, -0.15) is 0 Å². The molecule has 2 rings (SSSR count). The Bertz CT molecular complexity index is 567. The Kier molecular flexibility index (Phi) is 5.99. The van der Waals surface area contributed by atoms with Crippen molar-refractivity contribution in [1.29, 1.82) is 0 Å². The molecule has 1 aromatic rings. The fraction of sp³-hybridized carbons (Fsp3) is 0.579. The lowest BCUT2D eigenvalue weighted by molar-refractivity contribution is -0.123. The molecule has 5 nitrogen and oxygen atoms in total. The summed E-state index contributed by atoms with van der Waals surface area (Å²) in [6.07, 6.45) is 1.60. The second-order valence-electron chi connectivity index (χ2n) is 7.44. The van der Waals surface area contributed by atoms with Gasteiger partial charge in [-0.15, -0.1) is 0 Å². The molecule has 1 N–H and O–H groups in total. The lowest BCUT2D eigenvalue weighted by atomic mass is 9.89. The van der Waals surface area contributed by atoms with E-state index in [2.05, 4.69) is 10.2 Å². The first kappa shape index (κ1) is 18.5. The summed E-state index contributed by atoms with van der Waals surface area (Å²) >= 11 is 0. The van der Waals surface area contributed by atoms with Crippen LogP contribution in [0.15, 0.2) is 24.3 Å². The zero-order valence-corrected chi connectivity index (χ0v) is 15.1. The topological polar surface area (TPSA) is 58.6 Å². The average molecular weight is 332 g/mol. The summed E-state index contributed by atoms with van der Waals surface area (Å²) < 4.78 is 5.12. The highest BCUT2D eigenvalue weighted by molar-refractivity contribution is 5.98. The maximum atomic E-state index is 12.6. The van der Waals surface area contributed by atoms with Crippen LogP contribution in [0.3, 0.4) is 0 Å². The van der Waals surface area contributed by atoms with Crippen molar-refractivity contribution in [2.24, 2.45) is 5.92 Å². The number of ether oxygens (including phenoxy) is 1. The van der Waals surface area contributed by atoms with Crippen LogP contribution in [-0.2, 0) is 4.79 Å². The lowest BCUT2D eigenvalue weighted by Crippen LogP contribution is -2.47. The molecule has 1 aliphatic heterocycles. The number of amides is 1. The Balaban J connectivity index is 1.83. The Morgan fingerprint density at radius 3 is 2.25 bits per heavy atom. The number of carbonyl (C=O) groups excluding carboxylic acids is 2. The first-order valence-electron chi connectivity index (χ1n) is 8.50. The van der Waals surface area contributed by atoms with E-state index in [1.165, 1.54) is 0 Å². The van der Waals surface area contributed by atoms with Gasteiger partial charge in [0.1, 0.15) is 5.75 Å². The van der Waals surface area contributed by atoms with Crippen LogP contribution < -0.4 is 10.1 Å². The summed E-state index contributed by atoms with van der Waals surface area (Å²) in [5.74, 6) is 1.03. The van der Waals surface area contributed by atoms with Gasteiger partial charge in [-0.05, 0) is 71.0 Å². The highest BCUT2D eigenvalue weighted by Crippen LogP contribution is 2.23. The molecule has 0 bridgehead atoms. The molecule has 0 radical (unpaired) electrons. The van der Waals surface area contributed by atoms with Crippen LogP contribution in [0.4, 0.5) is 0 Å². The normalized spacial score (nSPS) is 16.7. The lowest BCUT2D eigenvalue weighted by Gasteiger charge is -2.31. The molecular formula is C19H28N2O3. The summed E-state index contributed by atoms with van der Waals surface area (Å²) in [7, 11) is 1.61. The highest BCUT2D eigenvalue weighted by atomic mass is 16.5. The number of methoxy groups -OCH3 is 1. The second-order valence-corrected chi connectivity index (χ2v) is 7.44. The average Bonchev–Trinajstić information content (AvgIpc) is 2.53. The van der Waals surface area contributed by atoms with Crippen molar-refractivity contribution in [1.82, 2.24) is 10.2 Å². The number of Topliss-reactive ketones (excluding diaryl/α,β-unsaturated/α-hetero) is 1. The van der Waals surface area contributed by atoms with E-state index in [1.807, 2.05) is 45.0 Å². The van der Waals surface area contributed by atoms with Gasteiger partial charge in [-0.3, -0.25) is 14.5 Å². The molecular weight excluding hydrogens is 304 g/mol. The van der Waals surface area contributed by atoms with Gasteiger partial charge < -0.3 is 10.1 Å².